The number of aliphatic imine (C=N–C) groups is 1. The Morgan fingerprint density at radius 1 is 1.17 bits per heavy atom. The monoisotopic (exact) mass is 258 g/mol. The van der Waals surface area contributed by atoms with Crippen molar-refractivity contribution < 1.29 is 19.5 Å². The Morgan fingerprint density at radius 2 is 1.58 bits per heavy atom. The van der Waals surface area contributed by atoms with Crippen LogP contribution in [0.5, 0.6) is 0 Å². The molecular weight excluding hydrogens is 237 g/mol. The number of nitrogens with zero attached hydrogens (tertiary/aromatic N) is 2. The van der Waals surface area contributed by atoms with Crippen LogP contribution in [0.3, 0.4) is 0 Å². The summed E-state index contributed by atoms with van der Waals surface area (Å²) in [4.78, 5) is 4.27. The predicted octanol–water partition coefficient (Wildman–Crippen LogP) is 3.04. The Kier molecular flexibility index (Phi) is 13.8. The van der Waals surface area contributed by atoms with Crippen molar-refractivity contribution in [3.8, 4) is 0 Å². The van der Waals surface area contributed by atoms with Gasteiger partial charge in [0, 0.05) is 0 Å². The zero-order chi connectivity index (χ0) is 8.15. The van der Waals surface area contributed by atoms with E-state index in [4.69, 9.17) is 0 Å². The average Bonchev–Trinajstić information content (AvgIpc) is 1.58. The van der Waals surface area contributed by atoms with Crippen LogP contribution in [0.25, 0.3) is 5.32 Å². The van der Waals surface area contributed by atoms with Crippen molar-refractivity contribution in [2.75, 3.05) is 0 Å². The maximum absolute atomic E-state index is 4.27. The second-order valence-corrected chi connectivity index (χ2v) is 2.99. The fourth-order valence-corrected chi connectivity index (χ4v) is 0.781. The van der Waals surface area contributed by atoms with Gasteiger partial charge in [-0.15, -0.1) is 0 Å². The molecule has 0 bridgehead atoms. The summed E-state index contributed by atoms with van der Waals surface area (Å²) in [5.41, 5.74) is 0. The fourth-order valence-electron chi connectivity index (χ4n) is 0.781. The largest absolute Gasteiger partial charge is 2.00 e. The third-order valence-electron chi connectivity index (χ3n) is 0.890. The summed E-state index contributed by atoms with van der Waals surface area (Å²) in [7, 11) is 0. The molecule has 0 saturated heterocycles. The summed E-state index contributed by atoms with van der Waals surface area (Å²) in [5, 5.41) is 4.27. The molecule has 0 unspecified atom stereocenters. The average molecular weight is 257 g/mol. The molecule has 3 heteroatoms. The van der Waals surface area contributed by atoms with Gasteiger partial charge in [-0.05, 0) is 19.0 Å². The Hall–Kier alpha value is 0.0934. The van der Waals surface area contributed by atoms with E-state index in [2.05, 4.69) is 38.0 Å². The second kappa shape index (κ2) is 9.18. The van der Waals surface area contributed by atoms with Gasteiger partial charge in [-0.1, -0.05) is 33.5 Å². The van der Waals surface area contributed by atoms with E-state index in [1.807, 2.05) is 6.92 Å². The summed E-state index contributed by atoms with van der Waals surface area (Å²) >= 11 is 0. The van der Waals surface area contributed by atoms with Crippen LogP contribution in [-0.2, 0) is 19.5 Å². The topological polar surface area (TPSA) is 26.5 Å². The molecule has 0 atom stereocenters. The van der Waals surface area contributed by atoms with E-state index < -0.39 is 0 Å². The van der Waals surface area contributed by atoms with Gasteiger partial charge in [-0.2, -0.15) is 0 Å². The minimum absolute atomic E-state index is 0. The van der Waals surface area contributed by atoms with E-state index in [0.29, 0.717) is 12.1 Å². The molecule has 0 aromatic heterocycles. The fraction of sp³-hybridized carbons (Fsp3) is 0.778. The molecule has 0 aliphatic heterocycles. The predicted molar refractivity (Wildman–Crippen MR) is 53.2 cm³/mol. The standard InChI is InChI=1S/C8H17N2.CH3.Ru/c1-6(2)9-8(5)10-7(3)4;;/h6-7H,1-5H3;1H3;/q2*-1;+2. The minimum atomic E-state index is 0. The van der Waals surface area contributed by atoms with E-state index in [1.165, 1.54) is 0 Å². The van der Waals surface area contributed by atoms with Crippen molar-refractivity contribution in [2.24, 2.45) is 4.99 Å². The number of amidine groups is 1. The van der Waals surface area contributed by atoms with Crippen molar-refractivity contribution >= 4 is 5.84 Å². The molecule has 0 spiro atoms. The zero-order valence-electron chi connectivity index (χ0n) is 8.90. The first kappa shape index (κ1) is 18.0. The second-order valence-electron chi connectivity index (χ2n) is 2.99. The molecule has 0 saturated carbocycles. The normalized spacial score (nSPS) is 10.8. The van der Waals surface area contributed by atoms with Crippen molar-refractivity contribution in [3.63, 3.8) is 0 Å². The molecule has 74 valence electrons. The summed E-state index contributed by atoms with van der Waals surface area (Å²) in [5.74, 6) is 0.907. The van der Waals surface area contributed by atoms with Crippen LogP contribution in [0.1, 0.15) is 34.6 Å². The van der Waals surface area contributed by atoms with E-state index >= 15 is 0 Å². The van der Waals surface area contributed by atoms with Crippen LogP contribution in [0.4, 0.5) is 0 Å². The molecule has 0 rings (SSSR count). The van der Waals surface area contributed by atoms with Gasteiger partial charge in [-0.3, -0.25) is 0 Å². The van der Waals surface area contributed by atoms with Gasteiger partial charge >= 0.3 is 19.5 Å². The number of rotatable bonds is 2. The van der Waals surface area contributed by atoms with Gasteiger partial charge in [0.15, 0.2) is 0 Å². The zero-order valence-corrected chi connectivity index (χ0v) is 10.6. The van der Waals surface area contributed by atoms with E-state index in [9.17, 15) is 0 Å². The molecule has 0 N–H and O–H groups in total. The third-order valence-corrected chi connectivity index (χ3v) is 0.890. The summed E-state index contributed by atoms with van der Waals surface area (Å²) < 4.78 is 0. The van der Waals surface area contributed by atoms with Crippen LogP contribution in [0.2, 0.25) is 0 Å². The van der Waals surface area contributed by atoms with Crippen molar-refractivity contribution in [2.45, 2.75) is 46.7 Å². The molecule has 2 nitrogen and oxygen atoms in total. The third kappa shape index (κ3) is 12.7. The van der Waals surface area contributed by atoms with E-state index in [0.717, 1.165) is 5.84 Å². The van der Waals surface area contributed by atoms with Crippen LogP contribution in [0.15, 0.2) is 4.99 Å². The van der Waals surface area contributed by atoms with Gasteiger partial charge < -0.3 is 17.7 Å². The first-order valence-electron chi connectivity index (χ1n) is 3.77. The first-order chi connectivity index (χ1) is 4.52. The maximum Gasteiger partial charge on any atom is 2.00 e. The van der Waals surface area contributed by atoms with Crippen molar-refractivity contribution in [1.82, 2.24) is 0 Å². The summed E-state index contributed by atoms with van der Waals surface area (Å²) in [6, 6.07) is 0.727. The Bertz CT molecular complexity index is 120. The quantitative estimate of drug-likeness (QED) is 0.315. The Balaban J connectivity index is -0.000000405. The van der Waals surface area contributed by atoms with Gasteiger partial charge in [0.25, 0.3) is 0 Å². The SMILES string of the molecule is CC(=NC(C)C)[N-]C(C)C.[CH3-].[Ru+2]. The molecule has 12 heavy (non-hydrogen) atoms. The van der Waals surface area contributed by atoms with Crippen molar-refractivity contribution in [3.05, 3.63) is 12.7 Å². The molecule has 0 fully saturated rings. The maximum atomic E-state index is 4.27. The molecule has 0 aromatic carbocycles. The Labute approximate surface area is 90.0 Å². The summed E-state index contributed by atoms with van der Waals surface area (Å²) in [6.07, 6.45) is 0. The van der Waals surface area contributed by atoms with Crippen molar-refractivity contribution in [1.29, 1.82) is 0 Å². The van der Waals surface area contributed by atoms with Gasteiger partial charge in [-0.25, -0.2) is 0 Å². The molecular formula is C9H20N2Ru. The van der Waals surface area contributed by atoms with E-state index in [1.54, 1.807) is 0 Å². The van der Waals surface area contributed by atoms with Crippen LogP contribution < -0.4 is 0 Å². The Morgan fingerprint density at radius 3 is 1.83 bits per heavy atom. The van der Waals surface area contributed by atoms with Crippen LogP contribution in [0, 0.1) is 7.43 Å². The molecule has 0 aliphatic rings. The molecule has 0 radical (unpaired) electrons. The number of hydrogen-bond acceptors (Lipinski definition) is 1. The van der Waals surface area contributed by atoms with Gasteiger partial charge in [0.1, 0.15) is 0 Å². The first-order valence-corrected chi connectivity index (χ1v) is 3.77. The van der Waals surface area contributed by atoms with Crippen LogP contribution in [-0.4, -0.2) is 17.9 Å². The molecule has 0 aromatic rings. The van der Waals surface area contributed by atoms with Gasteiger partial charge in [0.2, 0.25) is 0 Å². The number of hydrogen-bond donors (Lipinski definition) is 0. The molecule has 0 heterocycles. The van der Waals surface area contributed by atoms with Crippen LogP contribution >= 0.6 is 0 Å². The molecule has 0 aliphatic carbocycles. The van der Waals surface area contributed by atoms with Gasteiger partial charge in [0.05, 0.1) is 0 Å². The summed E-state index contributed by atoms with van der Waals surface area (Å²) in [6.45, 7) is 10.2. The van der Waals surface area contributed by atoms with E-state index in [-0.39, 0.29) is 26.9 Å². The molecule has 0 amide bonds. The minimum Gasteiger partial charge on any atom is -0.467 e. The smallest absolute Gasteiger partial charge is 0.467 e.